The van der Waals surface area contributed by atoms with E-state index >= 15 is 0 Å². The number of aromatic nitrogens is 2. The third-order valence-corrected chi connectivity index (χ3v) is 2.91. The molecule has 0 N–H and O–H groups in total. The van der Waals surface area contributed by atoms with Crippen LogP contribution in [-0.2, 0) is 6.54 Å². The molecule has 0 aliphatic rings. The highest BCUT2D eigenvalue weighted by Crippen LogP contribution is 2.22. The first-order valence-electron chi connectivity index (χ1n) is 4.54. The van der Waals surface area contributed by atoms with Crippen LogP contribution in [0.5, 0.6) is 0 Å². The number of halogens is 2. The number of nitrogens with zero attached hydrogens (tertiary/aromatic N) is 2. The summed E-state index contributed by atoms with van der Waals surface area (Å²) in [5, 5.41) is 5.21. The lowest BCUT2D eigenvalue weighted by molar-refractivity contribution is 0.585. The molecule has 0 amide bonds. The molecule has 1 aromatic carbocycles. The molecule has 0 atom stereocenters. The van der Waals surface area contributed by atoms with E-state index in [0.717, 1.165) is 22.1 Å². The zero-order chi connectivity index (χ0) is 10.1. The van der Waals surface area contributed by atoms with Gasteiger partial charge in [-0.3, -0.25) is 4.68 Å². The Bertz CT molecular complexity index is 464. The van der Waals surface area contributed by atoms with Crippen molar-refractivity contribution in [1.29, 1.82) is 0 Å². The number of hydrogen-bond acceptors (Lipinski definition) is 1. The van der Waals surface area contributed by atoms with E-state index < -0.39 is 0 Å². The van der Waals surface area contributed by atoms with Gasteiger partial charge in [0.2, 0.25) is 0 Å². The van der Waals surface area contributed by atoms with Crippen LogP contribution in [0.4, 0.5) is 4.39 Å². The number of rotatable bonds is 2. The topological polar surface area (TPSA) is 17.8 Å². The van der Waals surface area contributed by atoms with Crippen molar-refractivity contribution in [3.8, 4) is 0 Å². The molecule has 0 aliphatic heterocycles. The first kappa shape index (κ1) is 9.89. The zero-order valence-electron chi connectivity index (χ0n) is 7.80. The van der Waals surface area contributed by atoms with Gasteiger partial charge in [0.25, 0.3) is 0 Å². The van der Waals surface area contributed by atoms with Crippen molar-refractivity contribution >= 4 is 33.5 Å². The highest BCUT2D eigenvalue weighted by Gasteiger charge is 2.10. The van der Waals surface area contributed by atoms with Gasteiger partial charge in [0.15, 0.2) is 0 Å². The van der Waals surface area contributed by atoms with Crippen LogP contribution in [0.15, 0.2) is 18.2 Å². The monoisotopic (exact) mass is 304 g/mol. The molecular weight excluding hydrogens is 294 g/mol. The van der Waals surface area contributed by atoms with Gasteiger partial charge in [-0.15, -0.1) is 0 Å². The molecule has 74 valence electrons. The van der Waals surface area contributed by atoms with E-state index in [1.54, 1.807) is 10.7 Å². The lowest BCUT2D eigenvalue weighted by atomic mass is 10.2. The fraction of sp³-hybridized carbons (Fsp3) is 0.300. The van der Waals surface area contributed by atoms with Gasteiger partial charge >= 0.3 is 0 Å². The number of benzene rings is 1. The lowest BCUT2D eigenvalue weighted by Gasteiger charge is -2.00. The Hall–Kier alpha value is -0.650. The van der Waals surface area contributed by atoms with Crippen LogP contribution >= 0.6 is 22.6 Å². The Labute approximate surface area is 95.2 Å². The van der Waals surface area contributed by atoms with E-state index in [1.165, 1.54) is 6.07 Å². The van der Waals surface area contributed by atoms with E-state index in [9.17, 15) is 4.39 Å². The summed E-state index contributed by atoms with van der Waals surface area (Å²) in [5.41, 5.74) is 0.624. The maximum absolute atomic E-state index is 13.5. The van der Waals surface area contributed by atoms with Gasteiger partial charge in [0, 0.05) is 11.9 Å². The minimum absolute atomic E-state index is 0.189. The second kappa shape index (κ2) is 3.84. The van der Waals surface area contributed by atoms with Crippen LogP contribution in [0.2, 0.25) is 0 Å². The number of para-hydroxylation sites is 1. The van der Waals surface area contributed by atoms with Crippen molar-refractivity contribution in [2.45, 2.75) is 19.9 Å². The average molecular weight is 304 g/mol. The van der Waals surface area contributed by atoms with Gasteiger partial charge < -0.3 is 0 Å². The second-order valence-electron chi connectivity index (χ2n) is 3.15. The maximum Gasteiger partial charge on any atom is 0.149 e. The standard InChI is InChI=1S/C10H10FIN2/c1-2-6-14-9-7(10(12)13-14)4-3-5-8(9)11/h3-5H,2,6H2,1H3. The van der Waals surface area contributed by atoms with Gasteiger partial charge in [-0.2, -0.15) is 5.10 Å². The molecule has 0 radical (unpaired) electrons. The summed E-state index contributed by atoms with van der Waals surface area (Å²) in [5.74, 6) is -0.189. The van der Waals surface area contributed by atoms with Crippen molar-refractivity contribution in [3.05, 3.63) is 27.7 Å². The Morgan fingerprint density at radius 1 is 1.50 bits per heavy atom. The molecule has 4 heteroatoms. The Kier molecular flexibility index (Phi) is 2.71. The molecule has 0 aliphatic carbocycles. The van der Waals surface area contributed by atoms with Gasteiger partial charge in [-0.05, 0) is 41.1 Å². The number of hydrogen-bond donors (Lipinski definition) is 0. The summed E-state index contributed by atoms with van der Waals surface area (Å²) in [6.45, 7) is 2.82. The van der Waals surface area contributed by atoms with Crippen LogP contribution in [0, 0.1) is 9.52 Å². The van der Waals surface area contributed by atoms with E-state index in [4.69, 9.17) is 0 Å². The Morgan fingerprint density at radius 3 is 3.00 bits per heavy atom. The number of fused-ring (bicyclic) bond motifs is 1. The first-order valence-corrected chi connectivity index (χ1v) is 5.62. The van der Waals surface area contributed by atoms with Crippen molar-refractivity contribution in [2.24, 2.45) is 0 Å². The predicted molar refractivity (Wildman–Crippen MR) is 62.7 cm³/mol. The van der Waals surface area contributed by atoms with Crippen LogP contribution in [0.25, 0.3) is 10.9 Å². The molecule has 1 heterocycles. The molecule has 0 bridgehead atoms. The van der Waals surface area contributed by atoms with Crippen LogP contribution in [0.3, 0.4) is 0 Å². The minimum atomic E-state index is -0.189. The minimum Gasteiger partial charge on any atom is -0.261 e. The highest BCUT2D eigenvalue weighted by molar-refractivity contribution is 14.1. The molecule has 0 spiro atoms. The summed E-state index contributed by atoms with van der Waals surface area (Å²) in [7, 11) is 0. The molecular formula is C10H10FIN2. The lowest BCUT2D eigenvalue weighted by Crippen LogP contribution is -2.00. The Morgan fingerprint density at radius 2 is 2.29 bits per heavy atom. The smallest absolute Gasteiger partial charge is 0.149 e. The molecule has 2 aromatic rings. The molecule has 14 heavy (non-hydrogen) atoms. The van der Waals surface area contributed by atoms with E-state index in [1.807, 2.05) is 6.07 Å². The first-order chi connectivity index (χ1) is 6.74. The zero-order valence-corrected chi connectivity index (χ0v) is 9.95. The summed E-state index contributed by atoms with van der Waals surface area (Å²) >= 11 is 2.14. The molecule has 0 fully saturated rings. The summed E-state index contributed by atoms with van der Waals surface area (Å²) in [6, 6.07) is 5.10. The van der Waals surface area contributed by atoms with Gasteiger partial charge in [0.1, 0.15) is 15.0 Å². The van der Waals surface area contributed by atoms with Gasteiger partial charge in [-0.1, -0.05) is 13.0 Å². The van der Waals surface area contributed by atoms with Crippen LogP contribution in [-0.4, -0.2) is 9.78 Å². The predicted octanol–water partition coefficient (Wildman–Crippen LogP) is 3.19. The average Bonchev–Trinajstić information content (AvgIpc) is 2.46. The van der Waals surface area contributed by atoms with Crippen molar-refractivity contribution in [1.82, 2.24) is 9.78 Å². The largest absolute Gasteiger partial charge is 0.261 e. The van der Waals surface area contributed by atoms with E-state index in [-0.39, 0.29) is 5.82 Å². The maximum atomic E-state index is 13.5. The highest BCUT2D eigenvalue weighted by atomic mass is 127. The molecule has 0 unspecified atom stereocenters. The van der Waals surface area contributed by atoms with Crippen LogP contribution in [0.1, 0.15) is 13.3 Å². The van der Waals surface area contributed by atoms with Gasteiger partial charge in [-0.25, -0.2) is 4.39 Å². The summed E-state index contributed by atoms with van der Waals surface area (Å²) < 4.78 is 16.1. The SMILES string of the molecule is CCCn1nc(I)c2cccc(F)c21. The normalized spacial score (nSPS) is 11.1. The molecule has 0 saturated heterocycles. The molecule has 2 nitrogen and oxygen atoms in total. The summed E-state index contributed by atoms with van der Waals surface area (Å²) in [6.07, 6.45) is 0.960. The second-order valence-corrected chi connectivity index (χ2v) is 4.17. The van der Waals surface area contributed by atoms with E-state index in [0.29, 0.717) is 5.52 Å². The van der Waals surface area contributed by atoms with E-state index in [2.05, 4.69) is 34.6 Å². The molecule has 0 saturated carbocycles. The Balaban J connectivity index is 2.72. The van der Waals surface area contributed by atoms with Crippen molar-refractivity contribution in [2.75, 3.05) is 0 Å². The van der Waals surface area contributed by atoms with Crippen molar-refractivity contribution < 1.29 is 4.39 Å². The van der Waals surface area contributed by atoms with Crippen LogP contribution < -0.4 is 0 Å². The van der Waals surface area contributed by atoms with Crippen molar-refractivity contribution in [3.63, 3.8) is 0 Å². The quantitative estimate of drug-likeness (QED) is 0.779. The molecule has 2 rings (SSSR count). The fourth-order valence-corrected chi connectivity index (χ4v) is 2.22. The summed E-state index contributed by atoms with van der Waals surface area (Å²) in [4.78, 5) is 0. The molecule has 1 aromatic heterocycles. The fourth-order valence-electron chi connectivity index (χ4n) is 1.53. The van der Waals surface area contributed by atoms with Gasteiger partial charge in [0.05, 0.1) is 0 Å². The third-order valence-electron chi connectivity index (χ3n) is 2.11. The third kappa shape index (κ3) is 1.51. The number of aryl methyl sites for hydroxylation is 1.